The molecule has 0 saturated heterocycles. The first-order valence-corrected chi connectivity index (χ1v) is 10.0. The van der Waals surface area contributed by atoms with E-state index in [-0.39, 0.29) is 17.5 Å². The molecule has 0 bridgehead atoms. The monoisotopic (exact) mass is 435 g/mol. The van der Waals surface area contributed by atoms with Crippen molar-refractivity contribution in [3.63, 3.8) is 0 Å². The Morgan fingerprint density at radius 1 is 1.09 bits per heavy atom. The second kappa shape index (κ2) is 8.68. The van der Waals surface area contributed by atoms with E-state index in [1.807, 2.05) is 6.07 Å². The van der Waals surface area contributed by atoms with Crippen LogP contribution in [0.15, 0.2) is 65.1 Å². The van der Waals surface area contributed by atoms with Crippen molar-refractivity contribution in [2.75, 3.05) is 0 Å². The molecule has 0 aliphatic rings. The highest BCUT2D eigenvalue weighted by atomic mass is 19.1. The average molecular weight is 435 g/mol. The van der Waals surface area contributed by atoms with Crippen LogP contribution in [-0.4, -0.2) is 21.6 Å². The lowest BCUT2D eigenvalue weighted by Crippen LogP contribution is -2.28. The van der Waals surface area contributed by atoms with Crippen LogP contribution in [0, 0.1) is 0 Å². The van der Waals surface area contributed by atoms with Crippen LogP contribution in [-0.2, 0) is 13.7 Å². The maximum Gasteiger partial charge on any atom is 0.274 e. The molecule has 4 aromatic rings. The summed E-state index contributed by atoms with van der Waals surface area (Å²) in [7, 11) is 1.78. The molecule has 0 spiro atoms. The van der Waals surface area contributed by atoms with E-state index in [2.05, 4.69) is 5.32 Å². The minimum Gasteiger partial charge on any atom is -0.454 e. The maximum absolute atomic E-state index is 12.9. The number of furan rings is 1. The molecule has 7 nitrogen and oxygen atoms in total. The topological polar surface area (TPSA) is 96.5 Å². The van der Waals surface area contributed by atoms with Gasteiger partial charge in [-0.05, 0) is 30.2 Å². The number of hydrogen-bond acceptors (Lipinski definition) is 4. The van der Waals surface area contributed by atoms with Gasteiger partial charge in [0.25, 0.3) is 11.8 Å². The average Bonchev–Trinajstić information content (AvgIpc) is 3.38. The maximum atomic E-state index is 12.9. The van der Waals surface area contributed by atoms with Crippen molar-refractivity contribution in [3.05, 3.63) is 83.0 Å². The number of halogens is 1. The van der Waals surface area contributed by atoms with Gasteiger partial charge in [-0.25, -0.2) is 9.87 Å². The highest BCUT2D eigenvalue weighted by Gasteiger charge is 2.20. The van der Waals surface area contributed by atoms with Crippen molar-refractivity contribution >= 4 is 22.9 Å². The fraction of sp³-hybridized carbons (Fsp3) is 0.167. The number of hydroxylamine groups is 1. The molecule has 164 valence electrons. The smallest absolute Gasteiger partial charge is 0.274 e. The van der Waals surface area contributed by atoms with Gasteiger partial charge >= 0.3 is 0 Å². The van der Waals surface area contributed by atoms with Gasteiger partial charge in [-0.2, -0.15) is 0 Å². The van der Waals surface area contributed by atoms with Crippen LogP contribution in [0.25, 0.3) is 22.4 Å². The minimum absolute atomic E-state index is 0.287. The fourth-order valence-corrected chi connectivity index (χ4v) is 3.60. The summed E-state index contributed by atoms with van der Waals surface area (Å²) >= 11 is 0. The Balaban J connectivity index is 1.54. The zero-order valence-corrected chi connectivity index (χ0v) is 17.6. The third-order valence-electron chi connectivity index (χ3n) is 5.45. The molecule has 1 unspecified atom stereocenters. The predicted molar refractivity (Wildman–Crippen MR) is 117 cm³/mol. The number of carbonyl (C=O) groups excluding carboxylic acids is 2. The van der Waals surface area contributed by atoms with Crippen LogP contribution < -0.4 is 10.8 Å². The number of hydrogen-bond donors (Lipinski definition) is 3. The van der Waals surface area contributed by atoms with Crippen LogP contribution in [0.5, 0.6) is 0 Å². The molecule has 32 heavy (non-hydrogen) atoms. The van der Waals surface area contributed by atoms with E-state index in [1.165, 1.54) is 0 Å². The molecule has 2 heterocycles. The molecule has 0 aliphatic carbocycles. The number of fused-ring (bicyclic) bond motifs is 1. The van der Waals surface area contributed by atoms with Crippen LogP contribution in [0.2, 0.25) is 0 Å². The molecular weight excluding hydrogens is 413 g/mol. The highest BCUT2D eigenvalue weighted by Crippen LogP contribution is 2.30. The van der Waals surface area contributed by atoms with E-state index in [0.717, 1.165) is 16.6 Å². The van der Waals surface area contributed by atoms with E-state index in [9.17, 15) is 14.0 Å². The lowest BCUT2D eigenvalue weighted by molar-refractivity contribution is 0.0706. The van der Waals surface area contributed by atoms with Crippen LogP contribution in [0.4, 0.5) is 4.39 Å². The molecular formula is C24H22FN3O4. The van der Waals surface area contributed by atoms with E-state index < -0.39 is 12.6 Å². The van der Waals surface area contributed by atoms with Gasteiger partial charge in [0.05, 0.1) is 11.6 Å². The first-order chi connectivity index (χ1) is 15.4. The van der Waals surface area contributed by atoms with Crippen molar-refractivity contribution in [2.24, 2.45) is 7.05 Å². The van der Waals surface area contributed by atoms with Crippen molar-refractivity contribution in [2.45, 2.75) is 19.6 Å². The summed E-state index contributed by atoms with van der Waals surface area (Å²) in [5, 5.41) is 11.7. The molecule has 4 rings (SSSR count). The highest BCUT2D eigenvalue weighted by molar-refractivity contribution is 5.98. The van der Waals surface area contributed by atoms with E-state index >= 15 is 0 Å². The van der Waals surface area contributed by atoms with Gasteiger partial charge in [0.15, 0.2) is 5.58 Å². The summed E-state index contributed by atoms with van der Waals surface area (Å²) in [6.45, 7) is 1.29. The lowest BCUT2D eigenvalue weighted by Gasteiger charge is -2.15. The van der Waals surface area contributed by atoms with Crippen LogP contribution >= 0.6 is 0 Å². The Labute approximate surface area is 183 Å². The first kappa shape index (κ1) is 21.3. The largest absolute Gasteiger partial charge is 0.454 e. The third-order valence-corrected chi connectivity index (χ3v) is 5.45. The summed E-state index contributed by atoms with van der Waals surface area (Å²) in [6, 6.07) is 16.8. The van der Waals surface area contributed by atoms with Gasteiger partial charge in [-0.15, -0.1) is 0 Å². The van der Waals surface area contributed by atoms with Gasteiger partial charge in [-0.1, -0.05) is 36.4 Å². The van der Waals surface area contributed by atoms with Gasteiger partial charge in [0.2, 0.25) is 0 Å². The van der Waals surface area contributed by atoms with Gasteiger partial charge in [0.1, 0.15) is 18.1 Å². The molecule has 0 fully saturated rings. The summed E-state index contributed by atoms with van der Waals surface area (Å²) < 4.78 is 20.4. The number of aromatic nitrogens is 1. The van der Waals surface area contributed by atoms with Crippen molar-refractivity contribution in [1.29, 1.82) is 0 Å². The quantitative estimate of drug-likeness (QED) is 0.307. The number of nitrogens with zero attached hydrogens (tertiary/aromatic N) is 1. The number of alkyl halides is 1. The van der Waals surface area contributed by atoms with Crippen LogP contribution in [0.1, 0.15) is 44.9 Å². The summed E-state index contributed by atoms with van der Waals surface area (Å²) in [6.07, 6.45) is 0. The normalized spacial score (nSPS) is 12.0. The summed E-state index contributed by atoms with van der Waals surface area (Å²) in [5.41, 5.74) is 5.78. The molecule has 1 atom stereocenters. The molecule has 0 aliphatic heterocycles. The second-order valence-corrected chi connectivity index (χ2v) is 7.54. The Hall–Kier alpha value is -3.91. The number of benzene rings is 2. The molecule has 3 N–H and O–H groups in total. The van der Waals surface area contributed by atoms with Gasteiger partial charge in [0, 0.05) is 30.3 Å². The Morgan fingerprint density at radius 2 is 1.84 bits per heavy atom. The number of aryl methyl sites for hydroxylation is 1. The molecule has 8 heteroatoms. The zero-order valence-electron chi connectivity index (χ0n) is 17.6. The van der Waals surface area contributed by atoms with Crippen LogP contribution in [0.3, 0.4) is 0 Å². The summed E-state index contributed by atoms with van der Waals surface area (Å²) in [4.78, 5) is 24.5. The van der Waals surface area contributed by atoms with E-state index in [0.29, 0.717) is 22.6 Å². The molecule has 2 aromatic carbocycles. The standard InChI is InChI=1S/C24H22FN3O4/c1-14(17-4-3-5-18(10-17)23(29)27-31)26-24(30)20-12-22-19(28(20)2)11-21(32-22)16-8-6-15(13-25)7-9-16/h3-12,14,31H,13H2,1-2H3,(H,26,30)(H,27,29). The fourth-order valence-electron chi connectivity index (χ4n) is 3.60. The number of carbonyl (C=O) groups is 2. The first-order valence-electron chi connectivity index (χ1n) is 10.0. The molecule has 0 saturated carbocycles. The number of nitrogens with one attached hydrogen (secondary N) is 2. The molecule has 2 amide bonds. The van der Waals surface area contributed by atoms with Gasteiger partial charge in [-0.3, -0.25) is 14.8 Å². The molecule has 0 radical (unpaired) electrons. The minimum atomic E-state index is -0.622. The predicted octanol–water partition coefficient (Wildman–Crippen LogP) is 4.52. The third kappa shape index (κ3) is 4.00. The second-order valence-electron chi connectivity index (χ2n) is 7.54. The van der Waals surface area contributed by atoms with Gasteiger partial charge < -0.3 is 14.3 Å². The van der Waals surface area contributed by atoms with E-state index in [4.69, 9.17) is 9.62 Å². The van der Waals surface area contributed by atoms with Crippen molar-refractivity contribution < 1.29 is 23.6 Å². The Kier molecular flexibility index (Phi) is 5.79. The van der Waals surface area contributed by atoms with E-state index in [1.54, 1.807) is 78.6 Å². The lowest BCUT2D eigenvalue weighted by atomic mass is 10.0. The number of amides is 2. The Bertz CT molecular complexity index is 1290. The van der Waals surface area contributed by atoms with Crippen molar-refractivity contribution in [3.8, 4) is 11.3 Å². The number of rotatable bonds is 6. The SMILES string of the molecule is CC(NC(=O)c1cc2oc(-c3ccc(CF)cc3)cc2n1C)c1cccc(C(=O)NO)c1. The Morgan fingerprint density at radius 3 is 2.50 bits per heavy atom. The summed E-state index contributed by atoms with van der Waals surface area (Å²) in [5.74, 6) is -0.282. The zero-order chi connectivity index (χ0) is 22.8. The van der Waals surface area contributed by atoms with Crippen molar-refractivity contribution in [1.82, 2.24) is 15.4 Å². The molecule has 2 aromatic heterocycles.